The molecule has 0 bridgehead atoms. The first-order chi connectivity index (χ1) is 10.3. The van der Waals surface area contributed by atoms with Gasteiger partial charge in [0.25, 0.3) is 0 Å². The van der Waals surface area contributed by atoms with Crippen molar-refractivity contribution < 1.29 is 4.74 Å². The van der Waals surface area contributed by atoms with E-state index >= 15 is 0 Å². The molecule has 1 N–H and O–H groups in total. The molecule has 0 radical (unpaired) electrons. The third-order valence-electron chi connectivity index (χ3n) is 4.04. The van der Waals surface area contributed by atoms with Crippen LogP contribution in [0.2, 0.25) is 0 Å². The van der Waals surface area contributed by atoms with Gasteiger partial charge in [-0.1, -0.05) is 30.3 Å². The summed E-state index contributed by atoms with van der Waals surface area (Å²) in [7, 11) is 0. The number of benzene rings is 2. The van der Waals surface area contributed by atoms with Crippen LogP contribution in [0, 0.1) is 0 Å². The number of hydrogen-bond donors (Lipinski definition) is 1. The van der Waals surface area contributed by atoms with Gasteiger partial charge in [-0.25, -0.2) is 0 Å². The summed E-state index contributed by atoms with van der Waals surface area (Å²) < 4.78 is 5.83. The molecule has 0 aliphatic carbocycles. The van der Waals surface area contributed by atoms with Gasteiger partial charge in [-0.3, -0.25) is 4.90 Å². The zero-order valence-electron chi connectivity index (χ0n) is 12.5. The summed E-state index contributed by atoms with van der Waals surface area (Å²) in [5, 5.41) is 3.40. The van der Waals surface area contributed by atoms with Gasteiger partial charge in [-0.15, -0.1) is 0 Å². The van der Waals surface area contributed by atoms with E-state index in [2.05, 4.69) is 41.4 Å². The van der Waals surface area contributed by atoms with Crippen molar-refractivity contribution in [2.24, 2.45) is 0 Å². The van der Waals surface area contributed by atoms with Gasteiger partial charge in [-0.2, -0.15) is 0 Å². The smallest absolute Gasteiger partial charge is 0.127 e. The fraction of sp³-hybridized carbons (Fsp3) is 0.333. The summed E-state index contributed by atoms with van der Waals surface area (Å²) in [6.07, 6.45) is 0. The Labute approximate surface area is 126 Å². The van der Waals surface area contributed by atoms with Gasteiger partial charge in [0.15, 0.2) is 0 Å². The predicted molar refractivity (Wildman–Crippen MR) is 85.8 cm³/mol. The molecule has 1 fully saturated rings. The van der Waals surface area contributed by atoms with Crippen LogP contribution in [0.5, 0.6) is 11.5 Å². The van der Waals surface area contributed by atoms with Crippen molar-refractivity contribution in [3.8, 4) is 11.5 Å². The summed E-state index contributed by atoms with van der Waals surface area (Å²) in [5.41, 5.74) is 1.34. The fourth-order valence-corrected chi connectivity index (χ4v) is 2.72. The summed E-state index contributed by atoms with van der Waals surface area (Å²) >= 11 is 0. The number of rotatable bonds is 4. The zero-order valence-corrected chi connectivity index (χ0v) is 12.5. The van der Waals surface area contributed by atoms with Crippen LogP contribution in [0.15, 0.2) is 54.6 Å². The molecule has 1 aliphatic rings. The highest BCUT2D eigenvalue weighted by molar-refractivity contribution is 5.33. The number of nitrogens with one attached hydrogen (secondary N) is 1. The van der Waals surface area contributed by atoms with Crippen LogP contribution in [0.25, 0.3) is 0 Å². The average Bonchev–Trinajstić information content (AvgIpc) is 2.57. The Hall–Kier alpha value is -1.84. The van der Waals surface area contributed by atoms with Gasteiger partial charge in [0.05, 0.1) is 0 Å². The molecule has 1 aliphatic heterocycles. The quantitative estimate of drug-likeness (QED) is 0.929. The molecule has 2 aromatic rings. The average molecular weight is 282 g/mol. The van der Waals surface area contributed by atoms with Crippen LogP contribution in [-0.4, -0.2) is 31.1 Å². The fourth-order valence-electron chi connectivity index (χ4n) is 2.72. The van der Waals surface area contributed by atoms with Crippen LogP contribution < -0.4 is 10.1 Å². The molecule has 1 heterocycles. The van der Waals surface area contributed by atoms with Gasteiger partial charge in [0.1, 0.15) is 11.5 Å². The minimum atomic E-state index is 0.456. The molecule has 1 saturated heterocycles. The summed E-state index contributed by atoms with van der Waals surface area (Å²) in [5.74, 6) is 1.76. The summed E-state index contributed by atoms with van der Waals surface area (Å²) in [6, 6.07) is 18.8. The van der Waals surface area contributed by atoms with E-state index in [-0.39, 0.29) is 0 Å². The minimum Gasteiger partial charge on any atom is -0.457 e. The molecule has 110 valence electrons. The maximum absolute atomic E-state index is 5.83. The molecule has 0 saturated carbocycles. The highest BCUT2D eigenvalue weighted by atomic mass is 16.5. The number of ether oxygens (including phenoxy) is 1. The molecular formula is C18H22N2O. The lowest BCUT2D eigenvalue weighted by molar-refractivity contribution is 0.185. The van der Waals surface area contributed by atoms with Gasteiger partial charge >= 0.3 is 0 Å². The number of nitrogens with zero attached hydrogens (tertiary/aromatic N) is 1. The molecule has 0 amide bonds. The summed E-state index contributed by atoms with van der Waals surface area (Å²) in [4.78, 5) is 2.52. The maximum Gasteiger partial charge on any atom is 0.127 e. The van der Waals surface area contributed by atoms with Gasteiger partial charge in [0, 0.05) is 32.2 Å². The first-order valence-corrected chi connectivity index (χ1v) is 7.60. The van der Waals surface area contributed by atoms with Crippen LogP contribution in [0.3, 0.4) is 0 Å². The predicted octanol–water partition coefficient (Wildman–Crippen LogP) is 3.45. The second kappa shape index (κ2) is 6.74. The lowest BCUT2D eigenvalue weighted by atomic mass is 10.1. The molecule has 0 unspecified atom stereocenters. The molecular weight excluding hydrogens is 260 g/mol. The molecule has 3 heteroatoms. The van der Waals surface area contributed by atoms with E-state index in [0.29, 0.717) is 6.04 Å². The standard InChI is InChI=1S/C18H22N2O/c1-15(20-13-11-19-12-14-20)16-7-9-18(10-8-16)21-17-5-3-2-4-6-17/h2-10,15,19H,11-14H2,1H3/t15-/m0/s1. The first kappa shape index (κ1) is 14.1. The highest BCUT2D eigenvalue weighted by Crippen LogP contribution is 2.25. The molecule has 1 atom stereocenters. The van der Waals surface area contributed by atoms with Crippen LogP contribution >= 0.6 is 0 Å². The minimum absolute atomic E-state index is 0.456. The van der Waals surface area contributed by atoms with E-state index in [4.69, 9.17) is 4.74 Å². The van der Waals surface area contributed by atoms with E-state index in [1.165, 1.54) is 5.56 Å². The van der Waals surface area contributed by atoms with Crippen LogP contribution in [0.1, 0.15) is 18.5 Å². The zero-order chi connectivity index (χ0) is 14.5. The SMILES string of the molecule is C[C@@H](c1ccc(Oc2ccccc2)cc1)N1CCNCC1. The Bertz CT molecular complexity index is 547. The molecule has 3 nitrogen and oxygen atoms in total. The maximum atomic E-state index is 5.83. The Kier molecular flexibility index (Phi) is 4.53. The van der Waals surface area contributed by atoms with Crippen molar-refractivity contribution in [1.29, 1.82) is 0 Å². The number of piperazine rings is 1. The normalized spacial score (nSPS) is 17.4. The van der Waals surface area contributed by atoms with Gasteiger partial charge in [-0.05, 0) is 36.8 Å². The lowest BCUT2D eigenvalue weighted by Crippen LogP contribution is -2.44. The molecule has 2 aromatic carbocycles. The number of para-hydroxylation sites is 1. The molecule has 21 heavy (non-hydrogen) atoms. The number of hydrogen-bond acceptors (Lipinski definition) is 3. The van der Waals surface area contributed by atoms with Crippen molar-refractivity contribution in [1.82, 2.24) is 10.2 Å². The van der Waals surface area contributed by atoms with Crippen molar-refractivity contribution >= 4 is 0 Å². The van der Waals surface area contributed by atoms with Crippen LogP contribution in [-0.2, 0) is 0 Å². The Morgan fingerprint density at radius 1 is 0.905 bits per heavy atom. The van der Waals surface area contributed by atoms with E-state index in [0.717, 1.165) is 37.7 Å². The van der Waals surface area contributed by atoms with Crippen LogP contribution in [0.4, 0.5) is 0 Å². The highest BCUT2D eigenvalue weighted by Gasteiger charge is 2.17. The largest absolute Gasteiger partial charge is 0.457 e. The van der Waals surface area contributed by atoms with E-state index in [1.54, 1.807) is 0 Å². The molecule has 0 aromatic heterocycles. The second-order valence-corrected chi connectivity index (χ2v) is 5.45. The molecule has 3 rings (SSSR count). The van der Waals surface area contributed by atoms with Crippen molar-refractivity contribution in [2.45, 2.75) is 13.0 Å². The van der Waals surface area contributed by atoms with Crippen molar-refractivity contribution in [2.75, 3.05) is 26.2 Å². The third-order valence-corrected chi connectivity index (χ3v) is 4.04. The van der Waals surface area contributed by atoms with Gasteiger partial charge in [0.2, 0.25) is 0 Å². The van der Waals surface area contributed by atoms with E-state index < -0.39 is 0 Å². The first-order valence-electron chi connectivity index (χ1n) is 7.60. The second-order valence-electron chi connectivity index (χ2n) is 5.45. The Morgan fingerprint density at radius 3 is 2.19 bits per heavy atom. The molecule has 0 spiro atoms. The monoisotopic (exact) mass is 282 g/mol. The topological polar surface area (TPSA) is 24.5 Å². The lowest BCUT2D eigenvalue weighted by Gasteiger charge is -2.33. The third kappa shape index (κ3) is 3.63. The van der Waals surface area contributed by atoms with Gasteiger partial charge < -0.3 is 10.1 Å². The Morgan fingerprint density at radius 2 is 1.52 bits per heavy atom. The van der Waals surface area contributed by atoms with E-state index in [9.17, 15) is 0 Å². The van der Waals surface area contributed by atoms with E-state index in [1.807, 2.05) is 30.3 Å². The van der Waals surface area contributed by atoms with Crippen molar-refractivity contribution in [3.05, 3.63) is 60.2 Å². The Balaban J connectivity index is 1.66. The van der Waals surface area contributed by atoms with Crippen molar-refractivity contribution in [3.63, 3.8) is 0 Å². The summed E-state index contributed by atoms with van der Waals surface area (Å²) in [6.45, 7) is 6.67.